The van der Waals surface area contributed by atoms with E-state index in [1.54, 1.807) is 4.90 Å². The van der Waals surface area contributed by atoms with Gasteiger partial charge in [-0.05, 0) is 62.9 Å². The molecule has 5 heteroatoms. The van der Waals surface area contributed by atoms with Crippen LogP contribution in [0.1, 0.15) is 43.9 Å². The lowest BCUT2D eigenvalue weighted by molar-refractivity contribution is -0.143. The van der Waals surface area contributed by atoms with E-state index in [0.29, 0.717) is 18.7 Å². The molecule has 29 heavy (non-hydrogen) atoms. The second kappa shape index (κ2) is 10.6. The number of nitrogens with one attached hydrogen (secondary N) is 1. The molecule has 0 aromatic heterocycles. The van der Waals surface area contributed by atoms with Crippen molar-refractivity contribution in [3.63, 3.8) is 0 Å². The van der Waals surface area contributed by atoms with Gasteiger partial charge in [-0.15, -0.1) is 0 Å². The molecule has 0 saturated heterocycles. The molecule has 0 heterocycles. The topological polar surface area (TPSA) is 58.6 Å². The minimum atomic E-state index is -0.550. The smallest absolute Gasteiger partial charge is 0.261 e. The Labute approximate surface area is 174 Å². The van der Waals surface area contributed by atoms with E-state index < -0.39 is 6.04 Å². The molecule has 5 nitrogen and oxygen atoms in total. The molecule has 2 aromatic rings. The van der Waals surface area contributed by atoms with Crippen molar-refractivity contribution in [1.82, 2.24) is 10.2 Å². The van der Waals surface area contributed by atoms with Crippen molar-refractivity contribution in [1.29, 1.82) is 0 Å². The highest BCUT2D eigenvalue weighted by Gasteiger charge is 2.29. The second-order valence-electron chi connectivity index (χ2n) is 7.64. The molecule has 2 aromatic carbocycles. The molecule has 2 rings (SSSR count). The molecule has 0 spiro atoms. The summed E-state index contributed by atoms with van der Waals surface area (Å²) >= 11 is 0. The monoisotopic (exact) mass is 396 g/mol. The minimum absolute atomic E-state index is 0.00973. The van der Waals surface area contributed by atoms with Crippen LogP contribution < -0.4 is 10.1 Å². The highest BCUT2D eigenvalue weighted by molar-refractivity contribution is 5.88. The highest BCUT2D eigenvalue weighted by atomic mass is 16.5. The van der Waals surface area contributed by atoms with Crippen LogP contribution in [0.2, 0.25) is 0 Å². The number of nitrogens with zero attached hydrogens (tertiary/aromatic N) is 1. The van der Waals surface area contributed by atoms with E-state index in [2.05, 4.69) is 5.32 Å². The van der Waals surface area contributed by atoms with E-state index in [0.717, 1.165) is 16.7 Å². The quantitative estimate of drug-likeness (QED) is 0.697. The Hall–Kier alpha value is -2.82. The summed E-state index contributed by atoms with van der Waals surface area (Å²) in [6.45, 7) is 9.99. The highest BCUT2D eigenvalue weighted by Crippen LogP contribution is 2.17. The third kappa shape index (κ3) is 6.63. The van der Waals surface area contributed by atoms with Crippen LogP contribution in [0.15, 0.2) is 48.5 Å². The summed E-state index contributed by atoms with van der Waals surface area (Å²) in [7, 11) is 0. The number of ether oxygens (including phenoxy) is 1. The molecule has 0 saturated carbocycles. The Morgan fingerprint density at radius 1 is 1.07 bits per heavy atom. The number of amides is 2. The number of hydrogen-bond donors (Lipinski definition) is 1. The molecule has 1 N–H and O–H groups in total. The number of carbonyl (C=O) groups is 2. The molecule has 2 amide bonds. The minimum Gasteiger partial charge on any atom is -0.484 e. The van der Waals surface area contributed by atoms with Gasteiger partial charge in [-0.3, -0.25) is 9.59 Å². The van der Waals surface area contributed by atoms with Crippen molar-refractivity contribution in [3.05, 3.63) is 65.2 Å². The maximum absolute atomic E-state index is 13.1. The number of benzene rings is 2. The summed E-state index contributed by atoms with van der Waals surface area (Å²) in [4.78, 5) is 27.5. The summed E-state index contributed by atoms with van der Waals surface area (Å²) in [6, 6.07) is 15.0. The van der Waals surface area contributed by atoms with Crippen molar-refractivity contribution < 1.29 is 14.3 Å². The average molecular weight is 397 g/mol. The van der Waals surface area contributed by atoms with Crippen molar-refractivity contribution in [2.75, 3.05) is 6.61 Å². The van der Waals surface area contributed by atoms with Gasteiger partial charge in [-0.1, -0.05) is 43.3 Å². The summed E-state index contributed by atoms with van der Waals surface area (Å²) < 4.78 is 5.73. The van der Waals surface area contributed by atoms with Gasteiger partial charge in [-0.25, -0.2) is 0 Å². The van der Waals surface area contributed by atoms with Crippen molar-refractivity contribution in [3.8, 4) is 5.75 Å². The predicted octanol–water partition coefficient (Wildman–Crippen LogP) is 4.01. The van der Waals surface area contributed by atoms with Crippen molar-refractivity contribution in [2.24, 2.45) is 0 Å². The third-order valence-corrected chi connectivity index (χ3v) is 4.77. The van der Waals surface area contributed by atoms with Crippen LogP contribution >= 0.6 is 0 Å². The van der Waals surface area contributed by atoms with Crippen LogP contribution in [-0.2, 0) is 16.1 Å². The molecule has 0 fully saturated rings. The number of carbonyl (C=O) groups excluding carboxylic acids is 2. The van der Waals surface area contributed by atoms with E-state index >= 15 is 0 Å². The summed E-state index contributed by atoms with van der Waals surface area (Å²) in [6.07, 6.45) is 0.528. The Balaban J connectivity index is 2.23. The number of aryl methyl sites for hydroxylation is 2. The van der Waals surface area contributed by atoms with Gasteiger partial charge >= 0.3 is 0 Å². The van der Waals surface area contributed by atoms with E-state index in [1.165, 1.54) is 0 Å². The molecule has 0 aliphatic carbocycles. The molecule has 0 radical (unpaired) electrons. The first-order valence-corrected chi connectivity index (χ1v) is 10.2. The van der Waals surface area contributed by atoms with Crippen LogP contribution in [0.5, 0.6) is 5.75 Å². The second-order valence-corrected chi connectivity index (χ2v) is 7.64. The van der Waals surface area contributed by atoms with Crippen LogP contribution in [0.4, 0.5) is 0 Å². The largest absolute Gasteiger partial charge is 0.484 e. The lowest BCUT2D eigenvalue weighted by Gasteiger charge is -2.31. The zero-order valence-corrected chi connectivity index (χ0v) is 18.1. The first-order valence-electron chi connectivity index (χ1n) is 10.2. The first kappa shape index (κ1) is 22.5. The van der Waals surface area contributed by atoms with Crippen LogP contribution in [0, 0.1) is 13.8 Å². The zero-order valence-electron chi connectivity index (χ0n) is 18.1. The SMILES string of the molecule is CC[C@@H](C(=O)NC(C)C)N(Cc1ccccc1C)C(=O)COc1cccc(C)c1. The fourth-order valence-electron chi connectivity index (χ4n) is 3.20. The third-order valence-electron chi connectivity index (χ3n) is 4.77. The molecular weight excluding hydrogens is 364 g/mol. The van der Waals surface area contributed by atoms with Gasteiger partial charge < -0.3 is 15.0 Å². The van der Waals surface area contributed by atoms with Gasteiger partial charge in [0.1, 0.15) is 11.8 Å². The lowest BCUT2D eigenvalue weighted by Crippen LogP contribution is -2.51. The van der Waals surface area contributed by atoms with Gasteiger partial charge in [-0.2, -0.15) is 0 Å². The maximum atomic E-state index is 13.1. The van der Waals surface area contributed by atoms with Gasteiger partial charge in [0.25, 0.3) is 5.91 Å². The fraction of sp³-hybridized carbons (Fsp3) is 0.417. The molecule has 0 aliphatic rings. The van der Waals surface area contributed by atoms with Crippen molar-refractivity contribution in [2.45, 2.75) is 59.7 Å². The van der Waals surface area contributed by atoms with E-state index in [1.807, 2.05) is 83.1 Å². The molecule has 0 bridgehead atoms. The first-order chi connectivity index (χ1) is 13.8. The van der Waals surface area contributed by atoms with Crippen LogP contribution in [0.3, 0.4) is 0 Å². The van der Waals surface area contributed by atoms with Crippen LogP contribution in [-0.4, -0.2) is 35.4 Å². The summed E-state index contributed by atoms with van der Waals surface area (Å²) in [5.74, 6) is 0.300. The molecule has 0 unspecified atom stereocenters. The molecule has 1 atom stereocenters. The Morgan fingerprint density at radius 3 is 2.41 bits per heavy atom. The molecule has 156 valence electrons. The number of hydrogen-bond acceptors (Lipinski definition) is 3. The van der Waals surface area contributed by atoms with Gasteiger partial charge in [0.15, 0.2) is 6.61 Å². The normalized spacial score (nSPS) is 11.8. The average Bonchev–Trinajstić information content (AvgIpc) is 2.67. The summed E-state index contributed by atoms with van der Waals surface area (Å²) in [5.41, 5.74) is 3.17. The molecular formula is C24H32N2O3. The number of rotatable bonds is 9. The Kier molecular flexibility index (Phi) is 8.25. The fourth-order valence-corrected chi connectivity index (χ4v) is 3.20. The van der Waals surface area contributed by atoms with Crippen LogP contribution in [0.25, 0.3) is 0 Å². The zero-order chi connectivity index (χ0) is 21.4. The van der Waals surface area contributed by atoms with E-state index in [4.69, 9.17) is 4.74 Å². The molecule has 0 aliphatic heterocycles. The van der Waals surface area contributed by atoms with Gasteiger partial charge in [0.2, 0.25) is 5.91 Å². The maximum Gasteiger partial charge on any atom is 0.261 e. The standard InChI is InChI=1S/C24H32N2O3/c1-6-22(24(28)25-17(2)3)26(15-20-12-8-7-11-19(20)5)23(27)16-29-21-13-9-10-18(4)14-21/h7-14,17,22H,6,15-16H2,1-5H3,(H,25,28)/t22-/m0/s1. The van der Waals surface area contributed by atoms with E-state index in [-0.39, 0.29) is 24.5 Å². The summed E-state index contributed by atoms with van der Waals surface area (Å²) in [5, 5.41) is 2.94. The Bertz CT molecular complexity index is 832. The Morgan fingerprint density at radius 2 is 1.79 bits per heavy atom. The van der Waals surface area contributed by atoms with Crippen molar-refractivity contribution >= 4 is 11.8 Å². The van der Waals surface area contributed by atoms with Gasteiger partial charge in [0, 0.05) is 12.6 Å². The van der Waals surface area contributed by atoms with Gasteiger partial charge in [0.05, 0.1) is 0 Å². The lowest BCUT2D eigenvalue weighted by atomic mass is 10.1. The predicted molar refractivity (Wildman–Crippen MR) is 116 cm³/mol. The van der Waals surface area contributed by atoms with E-state index in [9.17, 15) is 9.59 Å².